The summed E-state index contributed by atoms with van der Waals surface area (Å²) in [4.78, 5) is 12.0. The Morgan fingerprint density at radius 1 is 1.37 bits per heavy atom. The average molecular weight is 281 g/mol. The number of nitrogens with zero attached hydrogens (tertiary/aromatic N) is 2. The molecule has 0 radical (unpaired) electrons. The van der Waals surface area contributed by atoms with Crippen LogP contribution in [-0.2, 0) is 24.7 Å². The molecule has 2 aromatic rings. The first kappa shape index (κ1) is 13.7. The molecule has 2 rings (SSSR count). The van der Waals surface area contributed by atoms with Gasteiger partial charge in [0.25, 0.3) is 0 Å². The number of hydrogen-bond donors (Lipinski definition) is 0. The van der Waals surface area contributed by atoms with Gasteiger partial charge in [0.2, 0.25) is 0 Å². The summed E-state index contributed by atoms with van der Waals surface area (Å²) in [5.41, 5.74) is 2.39. The van der Waals surface area contributed by atoms with Gasteiger partial charge in [-0.05, 0) is 30.7 Å². The van der Waals surface area contributed by atoms with Gasteiger partial charge in [-0.25, -0.2) is 4.39 Å². The van der Waals surface area contributed by atoms with Crippen LogP contribution < -0.4 is 0 Å². The molecule has 1 aromatic carbocycles. The minimum absolute atomic E-state index is 0.0245. The third-order valence-electron chi connectivity index (χ3n) is 2.88. The van der Waals surface area contributed by atoms with Gasteiger partial charge in [0.1, 0.15) is 11.6 Å². The molecule has 0 N–H and O–H groups in total. The number of Topliss-reactive ketones (excluding diaryl/α,β-unsaturated/α-hetero) is 1. The van der Waals surface area contributed by atoms with Crippen molar-refractivity contribution >= 4 is 17.4 Å². The number of rotatable bonds is 4. The second-order valence-corrected chi connectivity index (χ2v) is 4.94. The number of hydrogen-bond acceptors (Lipinski definition) is 2. The lowest BCUT2D eigenvalue weighted by Crippen LogP contribution is -2.10. The van der Waals surface area contributed by atoms with Crippen molar-refractivity contribution in [3.8, 4) is 0 Å². The minimum atomic E-state index is -0.400. The van der Waals surface area contributed by atoms with Crippen LogP contribution in [0.25, 0.3) is 0 Å². The molecule has 1 heterocycles. The first-order chi connectivity index (χ1) is 8.95. The van der Waals surface area contributed by atoms with E-state index < -0.39 is 5.82 Å². The van der Waals surface area contributed by atoms with Gasteiger partial charge in [-0.2, -0.15) is 5.10 Å². The van der Waals surface area contributed by atoms with Crippen molar-refractivity contribution in [3.63, 3.8) is 0 Å². The van der Waals surface area contributed by atoms with Crippen LogP contribution in [-0.4, -0.2) is 15.6 Å². The van der Waals surface area contributed by atoms with Crippen LogP contribution in [0, 0.1) is 12.7 Å². The minimum Gasteiger partial charge on any atom is -0.299 e. The molecule has 0 fully saturated rings. The second-order valence-electron chi connectivity index (χ2n) is 4.53. The van der Waals surface area contributed by atoms with Gasteiger partial charge < -0.3 is 0 Å². The fraction of sp³-hybridized carbons (Fsp3) is 0.286. The maximum absolute atomic E-state index is 12.9. The number of aromatic nitrogens is 2. The van der Waals surface area contributed by atoms with E-state index in [1.54, 1.807) is 17.8 Å². The van der Waals surface area contributed by atoms with E-state index in [9.17, 15) is 9.18 Å². The summed E-state index contributed by atoms with van der Waals surface area (Å²) in [6.45, 7) is 1.88. The zero-order chi connectivity index (χ0) is 14.0. The largest absolute Gasteiger partial charge is 0.299 e. The van der Waals surface area contributed by atoms with Gasteiger partial charge in [0, 0.05) is 30.6 Å². The van der Waals surface area contributed by atoms with Crippen LogP contribution >= 0.6 is 11.6 Å². The van der Waals surface area contributed by atoms with Crippen LogP contribution in [0.5, 0.6) is 0 Å². The normalized spacial score (nSPS) is 10.7. The smallest absolute Gasteiger partial charge is 0.143 e. The Bertz CT molecular complexity index is 622. The van der Waals surface area contributed by atoms with Crippen LogP contribution in [0.3, 0.4) is 0 Å². The summed E-state index contributed by atoms with van der Waals surface area (Å²) in [5.74, 6) is -0.375. The van der Waals surface area contributed by atoms with Gasteiger partial charge in [0.15, 0.2) is 0 Å². The summed E-state index contributed by atoms with van der Waals surface area (Å²) in [6, 6.07) is 5.95. The SMILES string of the molecule is Cc1cc(CC(=O)Cc2ccc(F)cc2Cl)n(C)n1. The zero-order valence-electron chi connectivity index (χ0n) is 10.8. The molecule has 19 heavy (non-hydrogen) atoms. The first-order valence-corrected chi connectivity index (χ1v) is 6.28. The summed E-state index contributed by atoms with van der Waals surface area (Å²) < 4.78 is 14.6. The molecule has 3 nitrogen and oxygen atoms in total. The lowest BCUT2D eigenvalue weighted by atomic mass is 10.1. The molecule has 0 atom stereocenters. The Balaban J connectivity index is 2.07. The van der Waals surface area contributed by atoms with Gasteiger partial charge in [-0.1, -0.05) is 17.7 Å². The predicted molar refractivity (Wildman–Crippen MR) is 71.8 cm³/mol. The van der Waals surface area contributed by atoms with E-state index in [1.807, 2.05) is 13.0 Å². The van der Waals surface area contributed by atoms with E-state index in [0.717, 1.165) is 11.4 Å². The first-order valence-electron chi connectivity index (χ1n) is 5.91. The van der Waals surface area contributed by atoms with Gasteiger partial charge in [-0.3, -0.25) is 9.48 Å². The molecule has 0 saturated carbocycles. The highest BCUT2D eigenvalue weighted by Gasteiger charge is 2.11. The van der Waals surface area contributed by atoms with Crippen LogP contribution in [0.1, 0.15) is 17.0 Å². The van der Waals surface area contributed by atoms with Gasteiger partial charge >= 0.3 is 0 Å². The maximum atomic E-state index is 12.9. The van der Waals surface area contributed by atoms with Gasteiger partial charge in [-0.15, -0.1) is 0 Å². The molecular formula is C14H14ClFN2O. The maximum Gasteiger partial charge on any atom is 0.143 e. The van der Waals surface area contributed by atoms with E-state index in [1.165, 1.54) is 12.1 Å². The number of halogens is 2. The van der Waals surface area contributed by atoms with Crippen LogP contribution in [0.2, 0.25) is 5.02 Å². The lowest BCUT2D eigenvalue weighted by molar-refractivity contribution is -0.117. The molecule has 0 bridgehead atoms. The summed E-state index contributed by atoms with van der Waals surface area (Å²) in [6.07, 6.45) is 0.494. The highest BCUT2D eigenvalue weighted by atomic mass is 35.5. The Morgan fingerprint density at radius 2 is 2.11 bits per heavy atom. The quantitative estimate of drug-likeness (QED) is 0.863. The van der Waals surface area contributed by atoms with Crippen molar-refractivity contribution in [2.45, 2.75) is 19.8 Å². The number of ketones is 1. The summed E-state index contributed by atoms with van der Waals surface area (Å²) in [5, 5.41) is 4.48. The second kappa shape index (κ2) is 5.53. The molecule has 0 aliphatic heterocycles. The number of carbonyl (C=O) groups excluding carboxylic acids is 1. The van der Waals surface area contributed by atoms with E-state index in [-0.39, 0.29) is 17.2 Å². The van der Waals surface area contributed by atoms with E-state index in [0.29, 0.717) is 12.0 Å². The molecule has 5 heteroatoms. The number of aryl methyl sites for hydroxylation is 2. The monoisotopic (exact) mass is 280 g/mol. The Labute approximate surface area is 116 Å². The van der Waals surface area contributed by atoms with Crippen molar-refractivity contribution in [3.05, 3.63) is 52.1 Å². The van der Waals surface area contributed by atoms with Crippen molar-refractivity contribution in [1.29, 1.82) is 0 Å². The average Bonchev–Trinajstić information content (AvgIpc) is 2.61. The highest BCUT2D eigenvalue weighted by Crippen LogP contribution is 2.18. The fourth-order valence-electron chi connectivity index (χ4n) is 1.97. The van der Waals surface area contributed by atoms with Crippen molar-refractivity contribution < 1.29 is 9.18 Å². The molecule has 0 saturated heterocycles. The Kier molecular flexibility index (Phi) is 4.00. The molecule has 0 unspecified atom stereocenters. The standard InChI is InChI=1S/C14H14ClFN2O/c1-9-5-12(18(2)17-9)8-13(19)6-10-3-4-11(16)7-14(10)15/h3-5,7H,6,8H2,1-2H3. The lowest BCUT2D eigenvalue weighted by Gasteiger charge is -2.04. The highest BCUT2D eigenvalue weighted by molar-refractivity contribution is 6.31. The Hall–Kier alpha value is -1.68. The number of carbonyl (C=O) groups is 1. The molecule has 0 aliphatic rings. The summed E-state index contributed by atoms with van der Waals surface area (Å²) in [7, 11) is 1.81. The third kappa shape index (κ3) is 3.41. The van der Waals surface area contributed by atoms with E-state index >= 15 is 0 Å². The van der Waals surface area contributed by atoms with Gasteiger partial charge in [0.05, 0.1) is 5.69 Å². The van der Waals surface area contributed by atoms with Crippen molar-refractivity contribution in [1.82, 2.24) is 9.78 Å². The molecule has 100 valence electrons. The molecular weight excluding hydrogens is 267 g/mol. The zero-order valence-corrected chi connectivity index (χ0v) is 11.5. The number of benzene rings is 1. The molecule has 1 aromatic heterocycles. The fourth-order valence-corrected chi connectivity index (χ4v) is 2.21. The summed E-state index contributed by atoms with van der Waals surface area (Å²) >= 11 is 5.90. The van der Waals surface area contributed by atoms with E-state index in [4.69, 9.17) is 11.6 Å². The Morgan fingerprint density at radius 3 is 2.68 bits per heavy atom. The third-order valence-corrected chi connectivity index (χ3v) is 3.23. The van der Waals surface area contributed by atoms with Crippen LogP contribution in [0.15, 0.2) is 24.3 Å². The van der Waals surface area contributed by atoms with Crippen molar-refractivity contribution in [2.24, 2.45) is 7.05 Å². The molecule has 0 aliphatic carbocycles. The van der Waals surface area contributed by atoms with E-state index in [2.05, 4.69) is 5.10 Å². The molecule has 0 amide bonds. The van der Waals surface area contributed by atoms with Crippen molar-refractivity contribution in [2.75, 3.05) is 0 Å². The van der Waals surface area contributed by atoms with Crippen LogP contribution in [0.4, 0.5) is 4.39 Å². The molecule has 0 spiro atoms. The topological polar surface area (TPSA) is 34.9 Å². The predicted octanol–water partition coefficient (Wildman–Crippen LogP) is 2.88.